The van der Waals surface area contributed by atoms with Crippen LogP contribution in [0.3, 0.4) is 0 Å². The summed E-state index contributed by atoms with van der Waals surface area (Å²) in [7, 11) is 0. The predicted octanol–water partition coefficient (Wildman–Crippen LogP) is 3.13. The standard InChI is InChI=1S/C16H26N4S/c1-4-7-12-17-16(21)19-18-13-14-8-10-15(11-9-14)20(5-2)6-3/h8-11,13H,4-7,12H2,1-3H3,(H2,17,19,21). The first-order valence-electron chi connectivity index (χ1n) is 7.63. The Morgan fingerprint density at radius 2 is 1.86 bits per heavy atom. The van der Waals surface area contributed by atoms with Crippen LogP contribution >= 0.6 is 12.2 Å². The molecular weight excluding hydrogens is 280 g/mol. The highest BCUT2D eigenvalue weighted by Crippen LogP contribution is 2.13. The number of hydrogen-bond donors (Lipinski definition) is 2. The molecule has 0 atom stereocenters. The molecule has 21 heavy (non-hydrogen) atoms. The molecule has 0 aromatic heterocycles. The number of benzene rings is 1. The molecule has 0 radical (unpaired) electrons. The van der Waals surface area contributed by atoms with Crippen molar-refractivity contribution in [3.8, 4) is 0 Å². The van der Waals surface area contributed by atoms with Crippen LogP contribution in [0.5, 0.6) is 0 Å². The fraction of sp³-hybridized carbons (Fsp3) is 0.500. The molecule has 0 heterocycles. The van der Waals surface area contributed by atoms with E-state index < -0.39 is 0 Å². The number of hydrazone groups is 1. The second kappa shape index (κ2) is 10.2. The summed E-state index contributed by atoms with van der Waals surface area (Å²) in [4.78, 5) is 2.31. The van der Waals surface area contributed by atoms with Crippen molar-refractivity contribution in [3.05, 3.63) is 29.8 Å². The Labute approximate surface area is 133 Å². The Morgan fingerprint density at radius 3 is 2.43 bits per heavy atom. The molecule has 5 heteroatoms. The SMILES string of the molecule is CCCCNC(=S)NN=Cc1ccc(N(CC)CC)cc1. The average Bonchev–Trinajstić information content (AvgIpc) is 2.50. The van der Waals surface area contributed by atoms with E-state index in [0.29, 0.717) is 5.11 Å². The summed E-state index contributed by atoms with van der Waals surface area (Å²) in [6, 6.07) is 8.36. The molecule has 0 amide bonds. The first-order valence-corrected chi connectivity index (χ1v) is 8.04. The minimum absolute atomic E-state index is 0.569. The Morgan fingerprint density at radius 1 is 1.19 bits per heavy atom. The van der Waals surface area contributed by atoms with Crippen LogP contribution in [0.25, 0.3) is 0 Å². The van der Waals surface area contributed by atoms with Crippen molar-refractivity contribution >= 4 is 29.2 Å². The van der Waals surface area contributed by atoms with Crippen LogP contribution in [0.2, 0.25) is 0 Å². The molecule has 0 aliphatic heterocycles. The lowest BCUT2D eigenvalue weighted by molar-refractivity contribution is 0.745. The molecule has 1 aromatic carbocycles. The first-order chi connectivity index (χ1) is 10.2. The number of anilines is 1. The van der Waals surface area contributed by atoms with Gasteiger partial charge in [0.1, 0.15) is 0 Å². The minimum Gasteiger partial charge on any atom is -0.372 e. The van der Waals surface area contributed by atoms with Crippen molar-refractivity contribution in [2.75, 3.05) is 24.5 Å². The maximum Gasteiger partial charge on any atom is 0.186 e. The quantitative estimate of drug-likeness (QED) is 0.335. The third kappa shape index (κ3) is 6.58. The lowest BCUT2D eigenvalue weighted by atomic mass is 10.2. The first kappa shape index (κ1) is 17.4. The van der Waals surface area contributed by atoms with Crippen LogP contribution in [-0.4, -0.2) is 31.0 Å². The van der Waals surface area contributed by atoms with E-state index in [1.807, 2.05) is 0 Å². The van der Waals surface area contributed by atoms with Crippen molar-refractivity contribution in [2.45, 2.75) is 33.6 Å². The van der Waals surface area contributed by atoms with Gasteiger partial charge in [-0.25, -0.2) is 0 Å². The van der Waals surface area contributed by atoms with Gasteiger partial charge in [-0.2, -0.15) is 5.10 Å². The van der Waals surface area contributed by atoms with Crippen molar-refractivity contribution < 1.29 is 0 Å². The number of unbranched alkanes of at least 4 members (excludes halogenated alkanes) is 1. The molecular formula is C16H26N4S. The maximum atomic E-state index is 5.13. The van der Waals surface area contributed by atoms with Gasteiger partial charge in [0.15, 0.2) is 5.11 Å². The summed E-state index contributed by atoms with van der Waals surface area (Å²) in [5.41, 5.74) is 5.12. The molecule has 116 valence electrons. The lowest BCUT2D eigenvalue weighted by Gasteiger charge is -2.20. The summed E-state index contributed by atoms with van der Waals surface area (Å²) in [5, 5.41) is 7.82. The van der Waals surface area contributed by atoms with Gasteiger partial charge in [0.2, 0.25) is 0 Å². The highest BCUT2D eigenvalue weighted by atomic mass is 32.1. The van der Waals surface area contributed by atoms with Crippen LogP contribution < -0.4 is 15.6 Å². The van der Waals surface area contributed by atoms with Gasteiger partial charge in [0, 0.05) is 25.3 Å². The van der Waals surface area contributed by atoms with E-state index in [1.165, 1.54) is 5.69 Å². The number of hydrogen-bond acceptors (Lipinski definition) is 3. The molecule has 0 unspecified atom stereocenters. The third-order valence-corrected chi connectivity index (χ3v) is 3.45. The summed E-state index contributed by atoms with van der Waals surface area (Å²) >= 11 is 5.13. The molecule has 4 nitrogen and oxygen atoms in total. The second-order valence-electron chi connectivity index (χ2n) is 4.74. The summed E-state index contributed by atoms with van der Waals surface area (Å²) < 4.78 is 0. The average molecular weight is 306 g/mol. The van der Waals surface area contributed by atoms with Gasteiger partial charge in [-0.3, -0.25) is 5.43 Å². The lowest BCUT2D eigenvalue weighted by Crippen LogP contribution is -2.32. The molecule has 0 saturated heterocycles. The normalized spacial score (nSPS) is 10.6. The summed E-state index contributed by atoms with van der Waals surface area (Å²) in [5.74, 6) is 0. The predicted molar refractivity (Wildman–Crippen MR) is 96.2 cm³/mol. The van der Waals surface area contributed by atoms with Gasteiger partial charge in [-0.15, -0.1) is 0 Å². The zero-order valence-electron chi connectivity index (χ0n) is 13.2. The number of nitrogens with one attached hydrogen (secondary N) is 2. The van der Waals surface area contributed by atoms with Crippen molar-refractivity contribution in [1.29, 1.82) is 0 Å². The molecule has 0 spiro atoms. The molecule has 0 aliphatic carbocycles. The van der Waals surface area contributed by atoms with Crippen LogP contribution in [-0.2, 0) is 0 Å². The van der Waals surface area contributed by atoms with E-state index in [-0.39, 0.29) is 0 Å². The van der Waals surface area contributed by atoms with Crippen molar-refractivity contribution in [2.24, 2.45) is 5.10 Å². The fourth-order valence-electron chi connectivity index (χ4n) is 1.94. The minimum atomic E-state index is 0.569. The van der Waals surface area contributed by atoms with Gasteiger partial charge >= 0.3 is 0 Å². The second-order valence-corrected chi connectivity index (χ2v) is 5.15. The zero-order valence-corrected chi connectivity index (χ0v) is 14.0. The molecule has 1 aromatic rings. The Bertz CT molecular complexity index is 438. The van der Waals surface area contributed by atoms with Gasteiger partial charge in [-0.1, -0.05) is 25.5 Å². The van der Waals surface area contributed by atoms with Gasteiger partial charge in [0.25, 0.3) is 0 Å². The molecule has 1 rings (SSSR count). The van der Waals surface area contributed by atoms with Crippen molar-refractivity contribution in [3.63, 3.8) is 0 Å². The number of thiocarbonyl (C=S) groups is 1. The van der Waals surface area contributed by atoms with Gasteiger partial charge in [0.05, 0.1) is 6.21 Å². The van der Waals surface area contributed by atoms with Crippen LogP contribution in [0.15, 0.2) is 29.4 Å². The van der Waals surface area contributed by atoms with Gasteiger partial charge in [-0.05, 0) is 50.2 Å². The highest BCUT2D eigenvalue weighted by Gasteiger charge is 2.00. The summed E-state index contributed by atoms with van der Waals surface area (Å²) in [6.45, 7) is 9.39. The number of rotatable bonds is 8. The zero-order chi connectivity index (χ0) is 15.5. The van der Waals surface area contributed by atoms with E-state index in [4.69, 9.17) is 12.2 Å². The molecule has 0 saturated carbocycles. The third-order valence-electron chi connectivity index (χ3n) is 3.22. The smallest absolute Gasteiger partial charge is 0.186 e. The Hall–Kier alpha value is -1.62. The van der Waals surface area contributed by atoms with Crippen LogP contribution in [0, 0.1) is 0 Å². The Balaban J connectivity index is 2.44. The van der Waals surface area contributed by atoms with E-state index in [1.54, 1.807) is 6.21 Å². The van der Waals surface area contributed by atoms with E-state index in [9.17, 15) is 0 Å². The van der Waals surface area contributed by atoms with Crippen molar-refractivity contribution in [1.82, 2.24) is 10.7 Å². The fourth-order valence-corrected chi connectivity index (χ4v) is 2.10. The highest BCUT2D eigenvalue weighted by molar-refractivity contribution is 7.80. The van der Waals surface area contributed by atoms with E-state index >= 15 is 0 Å². The Kier molecular flexibility index (Phi) is 8.43. The van der Waals surface area contributed by atoms with Crippen LogP contribution in [0.4, 0.5) is 5.69 Å². The summed E-state index contributed by atoms with van der Waals surface area (Å²) in [6.07, 6.45) is 4.04. The van der Waals surface area contributed by atoms with Gasteiger partial charge < -0.3 is 10.2 Å². The van der Waals surface area contributed by atoms with E-state index in [2.05, 4.69) is 65.8 Å². The largest absolute Gasteiger partial charge is 0.372 e. The molecule has 0 aliphatic rings. The topological polar surface area (TPSA) is 39.7 Å². The number of nitrogens with zero attached hydrogens (tertiary/aromatic N) is 2. The maximum absolute atomic E-state index is 5.13. The molecule has 0 fully saturated rings. The molecule has 2 N–H and O–H groups in total. The van der Waals surface area contributed by atoms with Crippen LogP contribution in [0.1, 0.15) is 39.2 Å². The monoisotopic (exact) mass is 306 g/mol. The molecule has 0 bridgehead atoms. The van der Waals surface area contributed by atoms with E-state index in [0.717, 1.165) is 38.0 Å².